The third-order valence-corrected chi connectivity index (χ3v) is 5.83. The van der Waals surface area contributed by atoms with Crippen LogP contribution in [0.4, 0.5) is 13.2 Å². The lowest BCUT2D eigenvalue weighted by Gasteiger charge is -2.12. The smallest absolute Gasteiger partial charge is 0.416 e. The molecule has 0 amide bonds. The van der Waals surface area contributed by atoms with E-state index in [9.17, 15) is 22.8 Å². The highest BCUT2D eigenvalue weighted by Crippen LogP contribution is 2.37. The lowest BCUT2D eigenvalue weighted by Crippen LogP contribution is -2.15. The highest BCUT2D eigenvalue weighted by molar-refractivity contribution is 6.30. The van der Waals surface area contributed by atoms with Gasteiger partial charge in [-0.1, -0.05) is 23.7 Å². The van der Waals surface area contributed by atoms with Crippen LogP contribution in [0.3, 0.4) is 0 Å². The first kappa shape index (κ1) is 27.1. The van der Waals surface area contributed by atoms with Crippen molar-refractivity contribution in [2.24, 2.45) is 0 Å². The van der Waals surface area contributed by atoms with Crippen LogP contribution in [-0.4, -0.2) is 29.7 Å². The first-order valence-electron chi connectivity index (χ1n) is 11.7. The molecular weight excluding hydrogens is 523 g/mol. The number of hydrogen-bond donors (Lipinski definition) is 0. The molecule has 0 fully saturated rings. The second-order valence-corrected chi connectivity index (χ2v) is 8.58. The second-order valence-electron chi connectivity index (χ2n) is 8.15. The molecule has 10 heteroatoms. The van der Waals surface area contributed by atoms with Gasteiger partial charge in [-0.15, -0.1) is 0 Å². The van der Waals surface area contributed by atoms with Crippen LogP contribution < -0.4 is 4.74 Å². The summed E-state index contributed by atoms with van der Waals surface area (Å²) in [5.74, 6) is -1.07. The summed E-state index contributed by atoms with van der Waals surface area (Å²) in [4.78, 5) is 25.7. The van der Waals surface area contributed by atoms with Crippen molar-refractivity contribution in [1.82, 2.24) is 4.57 Å². The van der Waals surface area contributed by atoms with Gasteiger partial charge in [-0.05, 0) is 68.4 Å². The minimum Gasteiger partial charge on any atom is -0.466 e. The number of halogens is 4. The van der Waals surface area contributed by atoms with Gasteiger partial charge in [-0.3, -0.25) is 4.79 Å². The fourth-order valence-electron chi connectivity index (χ4n) is 4.12. The van der Waals surface area contributed by atoms with E-state index in [-0.39, 0.29) is 36.7 Å². The van der Waals surface area contributed by atoms with Crippen molar-refractivity contribution in [2.75, 3.05) is 13.2 Å². The van der Waals surface area contributed by atoms with E-state index in [0.717, 1.165) is 12.1 Å². The number of carbonyl (C=O) groups excluding carboxylic acids is 2. The molecule has 0 saturated carbocycles. The van der Waals surface area contributed by atoms with Crippen LogP contribution in [0.5, 0.6) is 11.5 Å². The van der Waals surface area contributed by atoms with Crippen LogP contribution in [-0.2, 0) is 26.9 Å². The summed E-state index contributed by atoms with van der Waals surface area (Å²) in [6, 6.07) is 16.1. The van der Waals surface area contributed by atoms with Gasteiger partial charge in [0.2, 0.25) is 0 Å². The molecular formula is C28H23ClF3NO5. The van der Waals surface area contributed by atoms with E-state index in [4.69, 9.17) is 25.8 Å². The molecule has 0 saturated heterocycles. The molecule has 6 nitrogen and oxygen atoms in total. The van der Waals surface area contributed by atoms with Crippen molar-refractivity contribution in [1.29, 1.82) is 0 Å². The van der Waals surface area contributed by atoms with Crippen LogP contribution in [0.15, 0.2) is 66.7 Å². The van der Waals surface area contributed by atoms with Crippen LogP contribution >= 0.6 is 11.6 Å². The van der Waals surface area contributed by atoms with Crippen LogP contribution in [0, 0.1) is 0 Å². The van der Waals surface area contributed by atoms with E-state index in [1.807, 2.05) is 0 Å². The molecule has 3 aromatic carbocycles. The fourth-order valence-corrected chi connectivity index (χ4v) is 4.30. The molecule has 0 spiro atoms. The predicted molar refractivity (Wildman–Crippen MR) is 136 cm³/mol. The predicted octanol–water partition coefficient (Wildman–Crippen LogP) is 7.38. The molecule has 1 aromatic heterocycles. The minimum absolute atomic E-state index is 0.0297. The molecule has 4 aromatic rings. The minimum atomic E-state index is -4.53. The first-order chi connectivity index (χ1) is 18.1. The maximum absolute atomic E-state index is 13.2. The van der Waals surface area contributed by atoms with Crippen molar-refractivity contribution in [3.63, 3.8) is 0 Å². The van der Waals surface area contributed by atoms with E-state index >= 15 is 0 Å². The Morgan fingerprint density at radius 1 is 0.895 bits per heavy atom. The fraction of sp³-hybridized carbons (Fsp3) is 0.214. The number of fused-ring (bicyclic) bond motifs is 1. The number of rotatable bonds is 8. The highest BCUT2D eigenvalue weighted by Gasteiger charge is 2.31. The number of esters is 2. The Bertz CT molecular complexity index is 1500. The third-order valence-electron chi connectivity index (χ3n) is 5.60. The summed E-state index contributed by atoms with van der Waals surface area (Å²) < 4.78 is 57.4. The Labute approximate surface area is 221 Å². The van der Waals surface area contributed by atoms with Gasteiger partial charge in [-0.2, -0.15) is 13.2 Å². The van der Waals surface area contributed by atoms with E-state index < -0.39 is 23.7 Å². The molecule has 1 heterocycles. The molecule has 38 heavy (non-hydrogen) atoms. The van der Waals surface area contributed by atoms with Crippen molar-refractivity contribution in [3.05, 3.63) is 88.6 Å². The Morgan fingerprint density at radius 3 is 2.29 bits per heavy atom. The van der Waals surface area contributed by atoms with Gasteiger partial charge in [0.15, 0.2) is 0 Å². The monoisotopic (exact) mass is 545 g/mol. The van der Waals surface area contributed by atoms with E-state index in [2.05, 4.69) is 0 Å². The van der Waals surface area contributed by atoms with Crippen LogP contribution in [0.2, 0.25) is 5.02 Å². The van der Waals surface area contributed by atoms with E-state index in [0.29, 0.717) is 27.3 Å². The standard InChI is InChI=1S/C28H23ClF3NO5/c1-3-36-25(34)16-24-26(27(35)37-4-2)22-15-21(38-20-10-5-7-17(13-20)28(30,31)32)11-12-23(22)33(24)19-9-6-8-18(29)14-19/h5-15H,3-4,16H2,1-2H3. The van der Waals surface area contributed by atoms with Crippen LogP contribution in [0.1, 0.15) is 35.5 Å². The van der Waals surface area contributed by atoms with Crippen molar-refractivity contribution in [3.8, 4) is 17.2 Å². The Balaban J connectivity index is 1.92. The summed E-state index contributed by atoms with van der Waals surface area (Å²) in [6.45, 7) is 3.57. The van der Waals surface area contributed by atoms with Crippen LogP contribution in [0.25, 0.3) is 16.6 Å². The lowest BCUT2D eigenvalue weighted by molar-refractivity contribution is -0.142. The summed E-state index contributed by atoms with van der Waals surface area (Å²) in [5, 5.41) is 0.820. The Morgan fingerprint density at radius 2 is 1.61 bits per heavy atom. The molecule has 0 bridgehead atoms. The largest absolute Gasteiger partial charge is 0.466 e. The zero-order chi connectivity index (χ0) is 27.4. The SMILES string of the molecule is CCOC(=O)Cc1c(C(=O)OCC)c2cc(Oc3cccc(C(F)(F)F)c3)ccc2n1-c1cccc(Cl)c1. The lowest BCUT2D eigenvalue weighted by atomic mass is 10.1. The number of benzene rings is 3. The summed E-state index contributed by atoms with van der Waals surface area (Å²) >= 11 is 6.24. The number of aromatic nitrogens is 1. The molecule has 0 radical (unpaired) electrons. The average Bonchev–Trinajstić information content (AvgIpc) is 3.17. The summed E-state index contributed by atoms with van der Waals surface area (Å²) in [7, 11) is 0. The number of ether oxygens (including phenoxy) is 3. The van der Waals surface area contributed by atoms with Crippen molar-refractivity contribution >= 4 is 34.4 Å². The third kappa shape index (κ3) is 5.78. The molecule has 0 unspecified atom stereocenters. The zero-order valence-electron chi connectivity index (χ0n) is 20.5. The molecule has 4 rings (SSSR count). The number of alkyl halides is 3. The summed E-state index contributed by atoms with van der Waals surface area (Å²) in [5.41, 5.74) is 0.696. The summed E-state index contributed by atoms with van der Waals surface area (Å²) in [6.07, 6.45) is -4.77. The molecule has 0 N–H and O–H groups in total. The van der Waals surface area contributed by atoms with Gasteiger partial charge in [0.25, 0.3) is 0 Å². The van der Waals surface area contributed by atoms with Crippen molar-refractivity contribution < 1.29 is 37.0 Å². The van der Waals surface area contributed by atoms with Gasteiger partial charge in [0.1, 0.15) is 11.5 Å². The maximum atomic E-state index is 13.2. The average molecular weight is 546 g/mol. The molecule has 0 atom stereocenters. The number of nitrogens with zero attached hydrogens (tertiary/aromatic N) is 1. The zero-order valence-corrected chi connectivity index (χ0v) is 21.2. The molecule has 198 valence electrons. The van der Waals surface area contributed by atoms with Gasteiger partial charge in [-0.25, -0.2) is 4.79 Å². The molecule has 0 aliphatic rings. The Hall–Kier alpha value is -3.98. The van der Waals surface area contributed by atoms with Gasteiger partial charge in [0, 0.05) is 21.8 Å². The highest BCUT2D eigenvalue weighted by atomic mass is 35.5. The maximum Gasteiger partial charge on any atom is 0.416 e. The normalized spacial score (nSPS) is 11.4. The topological polar surface area (TPSA) is 66.8 Å². The van der Waals surface area contributed by atoms with E-state index in [1.54, 1.807) is 54.8 Å². The quantitative estimate of drug-likeness (QED) is 0.216. The van der Waals surface area contributed by atoms with Crippen molar-refractivity contribution in [2.45, 2.75) is 26.4 Å². The van der Waals surface area contributed by atoms with E-state index in [1.165, 1.54) is 18.2 Å². The molecule has 0 aliphatic heterocycles. The molecule has 0 aliphatic carbocycles. The second kappa shape index (κ2) is 11.2. The van der Waals surface area contributed by atoms with Gasteiger partial charge < -0.3 is 18.8 Å². The number of carbonyl (C=O) groups is 2. The van der Waals surface area contributed by atoms with Gasteiger partial charge >= 0.3 is 18.1 Å². The Kier molecular flexibility index (Phi) is 7.97. The van der Waals surface area contributed by atoms with Gasteiger partial charge in [0.05, 0.1) is 36.3 Å². The first-order valence-corrected chi connectivity index (χ1v) is 12.1. The number of hydrogen-bond acceptors (Lipinski definition) is 5.